The van der Waals surface area contributed by atoms with E-state index in [0.717, 1.165) is 31.6 Å². The molecule has 2 aromatic carbocycles. The molecule has 0 amide bonds. The number of hydrogen-bond donors (Lipinski definition) is 1. The lowest BCUT2D eigenvalue weighted by atomic mass is 10.0. The Bertz CT molecular complexity index is 1100. The second kappa shape index (κ2) is 10.4. The predicted molar refractivity (Wildman–Crippen MR) is 124 cm³/mol. The van der Waals surface area contributed by atoms with Crippen molar-refractivity contribution in [1.82, 2.24) is 0 Å². The Morgan fingerprint density at radius 2 is 2.03 bits per heavy atom. The number of hydrogen-bond acceptors (Lipinski definition) is 6. The molecule has 9 heteroatoms. The van der Waals surface area contributed by atoms with Gasteiger partial charge in [-0.2, -0.15) is 0 Å². The van der Waals surface area contributed by atoms with Gasteiger partial charge in [-0.25, -0.2) is 17.6 Å². The number of nitrogens with zero attached hydrogens (tertiary/aromatic N) is 1. The Balaban J connectivity index is 2.15. The third kappa shape index (κ3) is 5.63. The van der Waals surface area contributed by atoms with Gasteiger partial charge in [-0.1, -0.05) is 19.8 Å². The van der Waals surface area contributed by atoms with E-state index in [2.05, 4.69) is 6.92 Å². The number of anilines is 2. The second-order valence-electron chi connectivity index (χ2n) is 7.61. The zero-order valence-electron chi connectivity index (χ0n) is 18.0. The van der Waals surface area contributed by atoms with Crippen LogP contribution in [-0.4, -0.2) is 38.0 Å². The summed E-state index contributed by atoms with van der Waals surface area (Å²) in [6.07, 6.45) is 6.34. The van der Waals surface area contributed by atoms with Crippen LogP contribution in [0.5, 0.6) is 5.75 Å². The highest BCUT2D eigenvalue weighted by Gasteiger charge is 2.33. The highest BCUT2D eigenvalue weighted by Crippen LogP contribution is 2.43. The average Bonchev–Trinajstić information content (AvgIpc) is 2.85. The van der Waals surface area contributed by atoms with Crippen molar-refractivity contribution in [3.05, 3.63) is 54.6 Å². The molecular formula is C23H26FNO5S2. The zero-order chi connectivity index (χ0) is 23.3. The number of carboxylic acids is 1. The van der Waals surface area contributed by atoms with Gasteiger partial charge in [0.2, 0.25) is 0 Å². The van der Waals surface area contributed by atoms with E-state index in [4.69, 9.17) is 9.84 Å². The largest absolute Gasteiger partial charge is 0.478 e. The van der Waals surface area contributed by atoms with E-state index in [-0.39, 0.29) is 28.1 Å². The SMILES string of the molecule is CCCC[C@H]1CN(c2ccc(F)cc2)c2cc(SC)c(O/C=C/C(=O)O)cc2S(=O)(=O)C1. The quantitative estimate of drug-likeness (QED) is 0.314. The first-order valence-electron chi connectivity index (χ1n) is 10.3. The molecule has 1 N–H and O–H groups in total. The van der Waals surface area contributed by atoms with Crippen molar-refractivity contribution >= 4 is 38.9 Å². The summed E-state index contributed by atoms with van der Waals surface area (Å²) in [4.78, 5) is 13.5. The van der Waals surface area contributed by atoms with Crippen molar-refractivity contribution < 1.29 is 27.4 Å². The van der Waals surface area contributed by atoms with Crippen LogP contribution in [-0.2, 0) is 14.6 Å². The number of unbranched alkanes of at least 4 members (excludes halogenated alkanes) is 1. The minimum Gasteiger partial charge on any atom is -0.478 e. The van der Waals surface area contributed by atoms with Crippen LogP contribution in [0.4, 0.5) is 15.8 Å². The number of sulfone groups is 1. The Morgan fingerprint density at radius 1 is 1.31 bits per heavy atom. The minimum absolute atomic E-state index is 0.000709. The number of carboxylic acid groups (broad SMARTS) is 1. The van der Waals surface area contributed by atoms with Crippen LogP contribution in [0.25, 0.3) is 0 Å². The summed E-state index contributed by atoms with van der Waals surface area (Å²) in [5, 5.41) is 8.81. The normalized spacial score (nSPS) is 17.7. The Hall–Kier alpha value is -2.52. The molecule has 1 aliphatic rings. The fraction of sp³-hybridized carbons (Fsp3) is 0.348. The molecule has 0 fully saturated rings. The van der Waals surface area contributed by atoms with Gasteiger partial charge in [-0.15, -0.1) is 11.8 Å². The molecule has 0 radical (unpaired) electrons. The topological polar surface area (TPSA) is 83.9 Å². The Kier molecular flexibility index (Phi) is 7.84. The van der Waals surface area contributed by atoms with Gasteiger partial charge in [-0.05, 0) is 48.9 Å². The highest BCUT2D eigenvalue weighted by molar-refractivity contribution is 7.98. The van der Waals surface area contributed by atoms with Crippen molar-refractivity contribution in [1.29, 1.82) is 0 Å². The smallest absolute Gasteiger partial charge is 0.331 e. The van der Waals surface area contributed by atoms with Gasteiger partial charge in [0.1, 0.15) is 11.6 Å². The van der Waals surface area contributed by atoms with E-state index in [1.165, 1.54) is 30.0 Å². The summed E-state index contributed by atoms with van der Waals surface area (Å²) in [6, 6.07) is 9.21. The Labute approximate surface area is 192 Å². The predicted octanol–water partition coefficient (Wildman–Crippen LogP) is 5.26. The van der Waals surface area contributed by atoms with Crippen molar-refractivity contribution in [2.24, 2.45) is 5.92 Å². The first-order chi connectivity index (χ1) is 15.2. The fourth-order valence-electron chi connectivity index (χ4n) is 3.75. The molecule has 0 aliphatic carbocycles. The summed E-state index contributed by atoms with van der Waals surface area (Å²) in [6.45, 7) is 2.56. The first-order valence-corrected chi connectivity index (χ1v) is 13.2. The number of rotatable bonds is 8. The van der Waals surface area contributed by atoms with Crippen LogP contribution in [0.2, 0.25) is 0 Å². The number of ether oxygens (including phenoxy) is 1. The number of carbonyl (C=O) groups is 1. The van der Waals surface area contributed by atoms with Crippen molar-refractivity contribution in [2.45, 2.75) is 36.0 Å². The third-order valence-corrected chi connectivity index (χ3v) is 7.94. The lowest BCUT2D eigenvalue weighted by Gasteiger charge is -2.28. The number of benzene rings is 2. The number of fused-ring (bicyclic) bond motifs is 1. The van der Waals surface area contributed by atoms with Crippen LogP contribution in [0.3, 0.4) is 0 Å². The summed E-state index contributed by atoms with van der Waals surface area (Å²) in [7, 11) is -3.64. The van der Waals surface area contributed by atoms with E-state index in [0.29, 0.717) is 22.8 Å². The zero-order valence-corrected chi connectivity index (χ0v) is 19.6. The molecule has 0 saturated heterocycles. The van der Waals surface area contributed by atoms with E-state index < -0.39 is 15.8 Å². The molecule has 1 atom stereocenters. The first kappa shape index (κ1) is 24.1. The van der Waals surface area contributed by atoms with Gasteiger partial charge in [-0.3, -0.25) is 0 Å². The lowest BCUT2D eigenvalue weighted by molar-refractivity contribution is -0.131. The average molecular weight is 480 g/mol. The molecule has 172 valence electrons. The maximum absolute atomic E-state index is 13.6. The maximum atomic E-state index is 13.6. The van der Waals surface area contributed by atoms with Crippen LogP contribution in [0.1, 0.15) is 26.2 Å². The van der Waals surface area contributed by atoms with Crippen molar-refractivity contribution in [3.63, 3.8) is 0 Å². The minimum atomic E-state index is -3.64. The van der Waals surface area contributed by atoms with E-state index in [1.54, 1.807) is 18.2 Å². The molecule has 32 heavy (non-hydrogen) atoms. The highest BCUT2D eigenvalue weighted by atomic mass is 32.2. The van der Waals surface area contributed by atoms with Crippen LogP contribution in [0, 0.1) is 11.7 Å². The van der Waals surface area contributed by atoms with Crippen molar-refractivity contribution in [2.75, 3.05) is 23.5 Å². The molecule has 3 rings (SSSR count). The summed E-state index contributed by atoms with van der Waals surface area (Å²) >= 11 is 1.36. The third-order valence-electron chi connectivity index (χ3n) is 5.28. The standard InChI is InChI=1S/C23H26FNO5S2/c1-3-4-5-16-14-25(18-8-6-17(24)7-9-18)19-12-21(31-2)20(30-11-10-23(26)27)13-22(19)32(28,29)15-16/h6-13,16H,3-5,14-15H2,1-2H3,(H,26,27)/b11-10+/t16-/m0/s1. The van der Waals surface area contributed by atoms with Gasteiger partial charge >= 0.3 is 5.97 Å². The van der Waals surface area contributed by atoms with Crippen LogP contribution in [0.15, 0.2) is 58.5 Å². The molecule has 0 bridgehead atoms. The summed E-state index contributed by atoms with van der Waals surface area (Å²) < 4.78 is 45.8. The molecule has 0 aromatic heterocycles. The molecular weight excluding hydrogens is 453 g/mol. The number of aliphatic carboxylic acids is 1. The maximum Gasteiger partial charge on any atom is 0.331 e. The van der Waals surface area contributed by atoms with Gasteiger partial charge in [0.05, 0.1) is 33.6 Å². The second-order valence-corrected chi connectivity index (χ2v) is 10.5. The monoisotopic (exact) mass is 479 g/mol. The molecule has 1 aliphatic heterocycles. The molecule has 0 unspecified atom stereocenters. The molecule has 1 heterocycles. The van der Waals surface area contributed by atoms with E-state index in [9.17, 15) is 17.6 Å². The van der Waals surface area contributed by atoms with Gasteiger partial charge in [0, 0.05) is 18.3 Å². The molecule has 2 aromatic rings. The van der Waals surface area contributed by atoms with E-state index in [1.807, 2.05) is 11.2 Å². The van der Waals surface area contributed by atoms with Crippen LogP contribution < -0.4 is 9.64 Å². The summed E-state index contributed by atoms with van der Waals surface area (Å²) in [5.74, 6) is -1.35. The van der Waals surface area contributed by atoms with Gasteiger partial charge < -0.3 is 14.7 Å². The van der Waals surface area contributed by atoms with Crippen LogP contribution >= 0.6 is 11.8 Å². The number of halogens is 1. The molecule has 0 spiro atoms. The molecule has 0 saturated carbocycles. The van der Waals surface area contributed by atoms with Crippen molar-refractivity contribution in [3.8, 4) is 5.75 Å². The Morgan fingerprint density at radius 3 is 2.66 bits per heavy atom. The summed E-state index contributed by atoms with van der Waals surface area (Å²) in [5.41, 5.74) is 1.22. The molecule has 6 nitrogen and oxygen atoms in total. The van der Waals surface area contributed by atoms with E-state index >= 15 is 0 Å². The fourth-order valence-corrected chi connectivity index (χ4v) is 6.13. The lowest BCUT2D eigenvalue weighted by Crippen LogP contribution is -2.26. The number of thioether (sulfide) groups is 1. The van der Waals surface area contributed by atoms with Gasteiger partial charge in [0.25, 0.3) is 0 Å². The van der Waals surface area contributed by atoms with Gasteiger partial charge in [0.15, 0.2) is 9.84 Å².